The predicted molar refractivity (Wildman–Crippen MR) is 73.5 cm³/mol. The molecule has 0 amide bonds. The Morgan fingerprint density at radius 3 is 2.41 bits per heavy atom. The second-order valence-electron chi connectivity index (χ2n) is 6.05. The van der Waals surface area contributed by atoms with Crippen LogP contribution in [0.25, 0.3) is 10.9 Å². The number of rotatable bonds is 3. The highest BCUT2D eigenvalue weighted by atomic mass is 19.2. The smallest absolute Gasteiger partial charge is 0.199 e. The summed E-state index contributed by atoms with van der Waals surface area (Å²) in [5, 5.41) is 9.62. The first-order valence-electron chi connectivity index (χ1n) is 7.06. The third-order valence-electron chi connectivity index (χ3n) is 4.17. The highest BCUT2D eigenvalue weighted by Crippen LogP contribution is 2.28. The van der Waals surface area contributed by atoms with Crippen molar-refractivity contribution < 1.29 is 22.7 Å². The average molecular weight is 316 g/mol. The number of hydrogen-bond acceptors (Lipinski definition) is 2. The van der Waals surface area contributed by atoms with Gasteiger partial charge in [-0.3, -0.25) is 4.90 Å². The molecule has 1 unspecified atom stereocenters. The van der Waals surface area contributed by atoms with Gasteiger partial charge < -0.3 is 9.67 Å². The minimum absolute atomic E-state index is 0.273. The van der Waals surface area contributed by atoms with Crippen molar-refractivity contribution in [2.45, 2.75) is 25.5 Å². The summed E-state index contributed by atoms with van der Waals surface area (Å²) in [5.74, 6) is -6.35. The Bertz CT molecular complexity index is 726. The first-order valence-corrected chi connectivity index (χ1v) is 7.06. The zero-order valence-electron chi connectivity index (χ0n) is 12.0. The Labute approximate surface area is 124 Å². The summed E-state index contributed by atoms with van der Waals surface area (Å²) in [4.78, 5) is 1.99. The van der Waals surface area contributed by atoms with E-state index < -0.39 is 28.9 Å². The van der Waals surface area contributed by atoms with Crippen LogP contribution in [0.4, 0.5) is 17.6 Å². The van der Waals surface area contributed by atoms with Gasteiger partial charge in [0.2, 0.25) is 0 Å². The van der Waals surface area contributed by atoms with E-state index >= 15 is 0 Å². The molecule has 0 radical (unpaired) electrons. The fourth-order valence-electron chi connectivity index (χ4n) is 2.97. The molecule has 0 bridgehead atoms. The minimum atomic E-state index is -1.80. The summed E-state index contributed by atoms with van der Waals surface area (Å²) in [6, 6.07) is 1.23. The van der Waals surface area contributed by atoms with Crippen molar-refractivity contribution in [3.63, 3.8) is 0 Å². The number of benzene rings is 1. The molecule has 3 nitrogen and oxygen atoms in total. The topological polar surface area (TPSA) is 28.4 Å². The predicted octanol–water partition coefficient (Wildman–Crippen LogP) is 2.65. The standard InChI is InChI=1S/C15H16F4N2O/c1-15(22)3-5-20(8-15)6-7-21-4-2-9-10(16)11(17)12(18)13(19)14(9)21/h2,4,22H,3,5-8H2,1H3. The molecule has 2 aromatic rings. The number of halogens is 4. The Hall–Kier alpha value is -1.60. The monoisotopic (exact) mass is 316 g/mol. The second kappa shape index (κ2) is 5.24. The fraction of sp³-hybridized carbons (Fsp3) is 0.467. The number of aliphatic hydroxyl groups is 1. The summed E-state index contributed by atoms with van der Waals surface area (Å²) in [6.45, 7) is 3.73. The van der Waals surface area contributed by atoms with Crippen LogP contribution in [-0.4, -0.2) is 39.8 Å². The summed E-state index contributed by atoms with van der Waals surface area (Å²) in [6.07, 6.45) is 2.05. The molecule has 1 saturated heterocycles. The number of nitrogens with zero attached hydrogens (tertiary/aromatic N) is 2. The average Bonchev–Trinajstić information content (AvgIpc) is 3.04. The van der Waals surface area contributed by atoms with Crippen molar-refractivity contribution >= 4 is 10.9 Å². The van der Waals surface area contributed by atoms with E-state index in [1.165, 1.54) is 16.8 Å². The van der Waals surface area contributed by atoms with Gasteiger partial charge in [0.05, 0.1) is 11.1 Å². The molecule has 1 fully saturated rings. The molecule has 0 spiro atoms. The van der Waals surface area contributed by atoms with Gasteiger partial charge in [-0.15, -0.1) is 0 Å². The molecule has 1 aromatic heterocycles. The molecule has 0 saturated carbocycles. The van der Waals surface area contributed by atoms with E-state index in [1.807, 2.05) is 4.90 Å². The van der Waals surface area contributed by atoms with Crippen LogP contribution < -0.4 is 0 Å². The van der Waals surface area contributed by atoms with Crippen LogP contribution in [-0.2, 0) is 6.54 Å². The van der Waals surface area contributed by atoms with E-state index in [9.17, 15) is 22.7 Å². The normalized spacial score (nSPS) is 22.8. The molecule has 7 heteroatoms. The fourth-order valence-corrected chi connectivity index (χ4v) is 2.97. The lowest BCUT2D eigenvalue weighted by Crippen LogP contribution is -2.31. The first-order chi connectivity index (χ1) is 10.3. The Balaban J connectivity index is 1.86. The van der Waals surface area contributed by atoms with Crippen LogP contribution in [0.5, 0.6) is 0 Å². The lowest BCUT2D eigenvalue weighted by Gasteiger charge is -2.19. The van der Waals surface area contributed by atoms with E-state index in [1.54, 1.807) is 6.92 Å². The van der Waals surface area contributed by atoms with Crippen molar-refractivity contribution in [3.8, 4) is 0 Å². The Morgan fingerprint density at radius 2 is 1.77 bits per heavy atom. The van der Waals surface area contributed by atoms with Crippen molar-refractivity contribution in [3.05, 3.63) is 35.5 Å². The molecular weight excluding hydrogens is 300 g/mol. The molecule has 3 rings (SSSR count). The third-order valence-corrected chi connectivity index (χ3v) is 4.17. The highest BCUT2D eigenvalue weighted by Gasteiger charge is 2.31. The summed E-state index contributed by atoms with van der Waals surface area (Å²) in [7, 11) is 0. The SMILES string of the molecule is CC1(O)CCN(CCn2ccc3c(F)c(F)c(F)c(F)c32)C1. The quantitative estimate of drug-likeness (QED) is 0.536. The third kappa shape index (κ3) is 2.48. The largest absolute Gasteiger partial charge is 0.389 e. The zero-order valence-corrected chi connectivity index (χ0v) is 12.0. The number of likely N-dealkylation sites (tertiary alicyclic amines) is 1. The van der Waals surface area contributed by atoms with Gasteiger partial charge >= 0.3 is 0 Å². The van der Waals surface area contributed by atoms with Crippen LogP contribution >= 0.6 is 0 Å². The van der Waals surface area contributed by atoms with Crippen molar-refractivity contribution in [1.29, 1.82) is 0 Å². The lowest BCUT2D eigenvalue weighted by atomic mass is 10.1. The molecule has 1 aliphatic rings. The Morgan fingerprint density at radius 1 is 1.09 bits per heavy atom. The molecule has 2 heterocycles. The molecule has 120 valence electrons. The second-order valence-corrected chi connectivity index (χ2v) is 6.05. The summed E-state index contributed by atoms with van der Waals surface area (Å²) < 4.78 is 55.5. The van der Waals surface area contributed by atoms with E-state index in [0.29, 0.717) is 32.6 Å². The van der Waals surface area contributed by atoms with Crippen LogP contribution in [0.1, 0.15) is 13.3 Å². The van der Waals surface area contributed by atoms with Crippen LogP contribution in [0.2, 0.25) is 0 Å². The van der Waals surface area contributed by atoms with Gasteiger partial charge in [-0.25, -0.2) is 17.6 Å². The maximum absolute atomic E-state index is 13.9. The van der Waals surface area contributed by atoms with E-state index in [-0.39, 0.29) is 10.9 Å². The van der Waals surface area contributed by atoms with Crippen molar-refractivity contribution in [2.24, 2.45) is 0 Å². The zero-order chi connectivity index (χ0) is 16.1. The summed E-state index contributed by atoms with van der Waals surface area (Å²) >= 11 is 0. The molecular formula is C15H16F4N2O. The van der Waals surface area contributed by atoms with Gasteiger partial charge in [0, 0.05) is 37.8 Å². The molecule has 0 aliphatic carbocycles. The lowest BCUT2D eigenvalue weighted by molar-refractivity contribution is 0.0684. The van der Waals surface area contributed by atoms with Gasteiger partial charge in [0.25, 0.3) is 0 Å². The van der Waals surface area contributed by atoms with Crippen molar-refractivity contribution in [1.82, 2.24) is 9.47 Å². The minimum Gasteiger partial charge on any atom is -0.389 e. The molecule has 22 heavy (non-hydrogen) atoms. The van der Waals surface area contributed by atoms with Gasteiger partial charge in [0.1, 0.15) is 0 Å². The van der Waals surface area contributed by atoms with Crippen LogP contribution in [0.15, 0.2) is 12.3 Å². The van der Waals surface area contributed by atoms with E-state index in [4.69, 9.17) is 0 Å². The number of fused-ring (bicyclic) bond motifs is 1. The summed E-state index contributed by atoms with van der Waals surface area (Å²) in [5.41, 5.74) is -1.02. The van der Waals surface area contributed by atoms with Crippen molar-refractivity contribution in [2.75, 3.05) is 19.6 Å². The molecule has 1 atom stereocenters. The number of hydrogen-bond donors (Lipinski definition) is 1. The van der Waals surface area contributed by atoms with E-state index in [0.717, 1.165) is 0 Å². The molecule has 1 aliphatic heterocycles. The molecule has 1 aromatic carbocycles. The van der Waals surface area contributed by atoms with E-state index in [2.05, 4.69) is 0 Å². The number of aromatic nitrogens is 1. The van der Waals surface area contributed by atoms with Crippen LogP contribution in [0, 0.1) is 23.3 Å². The van der Waals surface area contributed by atoms with Gasteiger partial charge in [0.15, 0.2) is 23.3 Å². The maximum atomic E-state index is 13.9. The van der Waals surface area contributed by atoms with Crippen LogP contribution in [0.3, 0.4) is 0 Å². The first kappa shape index (κ1) is 15.3. The maximum Gasteiger partial charge on any atom is 0.199 e. The number of β-amino-alcohol motifs (C(OH)–C–C–N with tert-alkyl or cyclic N) is 1. The van der Waals surface area contributed by atoms with Gasteiger partial charge in [-0.2, -0.15) is 0 Å². The Kier molecular flexibility index (Phi) is 3.65. The van der Waals surface area contributed by atoms with Gasteiger partial charge in [-0.05, 0) is 19.4 Å². The van der Waals surface area contributed by atoms with Gasteiger partial charge in [-0.1, -0.05) is 0 Å². The molecule has 1 N–H and O–H groups in total. The highest BCUT2D eigenvalue weighted by molar-refractivity contribution is 5.81.